The molecule has 0 atom stereocenters. The summed E-state index contributed by atoms with van der Waals surface area (Å²) in [4.78, 5) is 25.8. The van der Waals surface area contributed by atoms with E-state index in [2.05, 4.69) is 15.9 Å². The molecule has 0 aromatic heterocycles. The second kappa shape index (κ2) is 6.39. The Morgan fingerprint density at radius 2 is 2.10 bits per heavy atom. The number of aryl methyl sites for hydroxylation is 1. The molecule has 5 heteroatoms. The van der Waals surface area contributed by atoms with Crippen LogP contribution in [0, 0.1) is 6.92 Å². The predicted molar refractivity (Wildman–Crippen MR) is 79.6 cm³/mol. The summed E-state index contributed by atoms with van der Waals surface area (Å²) in [5, 5.41) is 0. The van der Waals surface area contributed by atoms with Crippen LogP contribution in [-0.4, -0.2) is 36.0 Å². The molecule has 1 aliphatic carbocycles. The average Bonchev–Trinajstić information content (AvgIpc) is 3.23. The molecular weight excluding hydrogens is 322 g/mol. The van der Waals surface area contributed by atoms with Gasteiger partial charge in [-0.25, -0.2) is 0 Å². The number of hydrogen-bond donors (Lipinski definition) is 0. The fraction of sp³-hybridized carbons (Fsp3) is 0.467. The Hall–Kier alpha value is -1.36. The third-order valence-electron chi connectivity index (χ3n) is 3.26. The van der Waals surface area contributed by atoms with Crippen LogP contribution in [0.25, 0.3) is 0 Å². The van der Waals surface area contributed by atoms with E-state index in [0.29, 0.717) is 12.2 Å². The van der Waals surface area contributed by atoms with Gasteiger partial charge in [-0.1, -0.05) is 15.9 Å². The number of halogens is 1. The summed E-state index contributed by atoms with van der Waals surface area (Å²) in [6.45, 7) is 4.07. The van der Waals surface area contributed by atoms with E-state index >= 15 is 0 Å². The molecule has 0 radical (unpaired) electrons. The Bertz CT molecular complexity index is 526. The monoisotopic (exact) mass is 339 g/mol. The topological polar surface area (TPSA) is 46.6 Å². The maximum atomic E-state index is 12.5. The zero-order chi connectivity index (χ0) is 14.7. The normalized spacial score (nSPS) is 13.9. The van der Waals surface area contributed by atoms with E-state index in [1.807, 2.05) is 19.1 Å². The van der Waals surface area contributed by atoms with Crippen molar-refractivity contribution in [1.82, 2.24) is 4.90 Å². The highest BCUT2D eigenvalue weighted by molar-refractivity contribution is 9.10. The molecule has 0 heterocycles. The first-order valence-corrected chi connectivity index (χ1v) is 7.55. The van der Waals surface area contributed by atoms with Crippen molar-refractivity contribution in [2.45, 2.75) is 32.7 Å². The van der Waals surface area contributed by atoms with Crippen LogP contribution in [0.15, 0.2) is 22.7 Å². The summed E-state index contributed by atoms with van der Waals surface area (Å²) in [7, 11) is 0. The first kappa shape index (κ1) is 15.0. The summed E-state index contributed by atoms with van der Waals surface area (Å²) in [5.41, 5.74) is 1.62. The van der Waals surface area contributed by atoms with E-state index in [1.54, 1.807) is 17.9 Å². The van der Waals surface area contributed by atoms with Crippen molar-refractivity contribution in [3.8, 4) is 0 Å². The van der Waals surface area contributed by atoms with Crippen LogP contribution in [0.2, 0.25) is 0 Å². The van der Waals surface area contributed by atoms with Gasteiger partial charge in [0.25, 0.3) is 5.91 Å². The SMILES string of the molecule is CCOC(=O)CN(C(=O)c1ccc(Br)c(C)c1)C1CC1. The molecule has 4 nitrogen and oxygen atoms in total. The van der Waals surface area contributed by atoms with Gasteiger partial charge in [-0.15, -0.1) is 0 Å². The molecule has 1 aliphatic rings. The highest BCUT2D eigenvalue weighted by Gasteiger charge is 2.34. The standard InChI is InChI=1S/C15H18BrNO3/c1-3-20-14(18)9-17(12-5-6-12)15(19)11-4-7-13(16)10(2)8-11/h4,7-8,12H,3,5-6,9H2,1-2H3. The Morgan fingerprint density at radius 1 is 1.40 bits per heavy atom. The number of esters is 1. The van der Waals surface area contributed by atoms with Gasteiger partial charge in [0.2, 0.25) is 0 Å². The molecule has 0 spiro atoms. The Kier molecular flexibility index (Phi) is 4.81. The summed E-state index contributed by atoms with van der Waals surface area (Å²) in [6, 6.07) is 5.65. The molecule has 1 saturated carbocycles. The van der Waals surface area contributed by atoms with Crippen molar-refractivity contribution in [2.75, 3.05) is 13.2 Å². The lowest BCUT2D eigenvalue weighted by atomic mass is 10.1. The maximum absolute atomic E-state index is 12.5. The number of carbonyl (C=O) groups is 2. The molecule has 0 unspecified atom stereocenters. The molecule has 0 N–H and O–H groups in total. The number of hydrogen-bond acceptors (Lipinski definition) is 3. The number of rotatable bonds is 5. The lowest BCUT2D eigenvalue weighted by Crippen LogP contribution is -2.38. The van der Waals surface area contributed by atoms with E-state index in [1.165, 1.54) is 0 Å². The molecule has 1 amide bonds. The number of amides is 1. The zero-order valence-corrected chi connectivity index (χ0v) is 13.3. The van der Waals surface area contributed by atoms with Crippen molar-refractivity contribution < 1.29 is 14.3 Å². The number of benzene rings is 1. The van der Waals surface area contributed by atoms with Crippen molar-refractivity contribution >= 4 is 27.8 Å². The van der Waals surface area contributed by atoms with Crippen LogP contribution in [0.4, 0.5) is 0 Å². The van der Waals surface area contributed by atoms with E-state index in [9.17, 15) is 9.59 Å². The van der Waals surface area contributed by atoms with E-state index in [0.717, 1.165) is 22.9 Å². The number of nitrogens with zero attached hydrogens (tertiary/aromatic N) is 1. The van der Waals surface area contributed by atoms with Crippen LogP contribution in [0.1, 0.15) is 35.7 Å². The molecule has 2 rings (SSSR count). The van der Waals surface area contributed by atoms with E-state index in [4.69, 9.17) is 4.74 Å². The Balaban J connectivity index is 2.14. The molecule has 0 aliphatic heterocycles. The quantitative estimate of drug-likeness (QED) is 0.775. The molecule has 1 aromatic carbocycles. The molecule has 1 aromatic rings. The van der Waals surface area contributed by atoms with Gasteiger partial charge in [-0.2, -0.15) is 0 Å². The van der Waals surface area contributed by atoms with Gasteiger partial charge in [0.05, 0.1) is 6.61 Å². The van der Waals surface area contributed by atoms with Gasteiger partial charge < -0.3 is 9.64 Å². The third-order valence-corrected chi connectivity index (χ3v) is 4.15. The minimum Gasteiger partial charge on any atom is -0.465 e. The second-order valence-corrected chi connectivity index (χ2v) is 5.79. The number of carbonyl (C=O) groups excluding carboxylic acids is 2. The third kappa shape index (κ3) is 3.60. The molecule has 1 fully saturated rings. The highest BCUT2D eigenvalue weighted by atomic mass is 79.9. The van der Waals surface area contributed by atoms with Crippen LogP contribution in [0.5, 0.6) is 0 Å². The van der Waals surface area contributed by atoms with Crippen LogP contribution < -0.4 is 0 Å². The van der Waals surface area contributed by atoms with Crippen molar-refractivity contribution in [2.24, 2.45) is 0 Å². The fourth-order valence-corrected chi connectivity index (χ4v) is 2.29. The van der Waals surface area contributed by atoms with E-state index < -0.39 is 0 Å². The molecular formula is C15H18BrNO3. The fourth-order valence-electron chi connectivity index (χ4n) is 2.04. The van der Waals surface area contributed by atoms with Crippen molar-refractivity contribution in [3.05, 3.63) is 33.8 Å². The number of ether oxygens (including phenoxy) is 1. The first-order chi connectivity index (χ1) is 9.52. The maximum Gasteiger partial charge on any atom is 0.325 e. The summed E-state index contributed by atoms with van der Waals surface area (Å²) >= 11 is 3.42. The first-order valence-electron chi connectivity index (χ1n) is 6.75. The summed E-state index contributed by atoms with van der Waals surface area (Å²) in [6.07, 6.45) is 1.92. The molecule has 0 saturated heterocycles. The highest BCUT2D eigenvalue weighted by Crippen LogP contribution is 2.29. The van der Waals surface area contributed by atoms with Crippen molar-refractivity contribution in [3.63, 3.8) is 0 Å². The van der Waals surface area contributed by atoms with Gasteiger partial charge in [0, 0.05) is 16.1 Å². The summed E-state index contributed by atoms with van der Waals surface area (Å²) in [5.74, 6) is -0.447. The van der Waals surface area contributed by atoms with Gasteiger partial charge in [0.1, 0.15) is 6.54 Å². The van der Waals surface area contributed by atoms with E-state index in [-0.39, 0.29) is 24.5 Å². The minimum atomic E-state index is -0.346. The summed E-state index contributed by atoms with van der Waals surface area (Å²) < 4.78 is 5.91. The largest absolute Gasteiger partial charge is 0.465 e. The van der Waals surface area contributed by atoms with Gasteiger partial charge >= 0.3 is 5.97 Å². The lowest BCUT2D eigenvalue weighted by Gasteiger charge is -2.21. The molecule has 0 bridgehead atoms. The lowest BCUT2D eigenvalue weighted by molar-refractivity contribution is -0.144. The second-order valence-electron chi connectivity index (χ2n) is 4.93. The predicted octanol–water partition coefficient (Wildman–Crippen LogP) is 2.93. The Morgan fingerprint density at radius 3 is 2.65 bits per heavy atom. The van der Waals surface area contributed by atoms with Gasteiger partial charge in [-0.05, 0) is 50.5 Å². The smallest absolute Gasteiger partial charge is 0.325 e. The van der Waals surface area contributed by atoms with Crippen molar-refractivity contribution in [1.29, 1.82) is 0 Å². The zero-order valence-electron chi connectivity index (χ0n) is 11.7. The minimum absolute atomic E-state index is 0.0342. The average molecular weight is 340 g/mol. The van der Waals surface area contributed by atoms with Crippen LogP contribution in [-0.2, 0) is 9.53 Å². The van der Waals surface area contributed by atoms with Gasteiger partial charge in [0.15, 0.2) is 0 Å². The molecule has 20 heavy (non-hydrogen) atoms. The Labute approximate surface area is 127 Å². The van der Waals surface area contributed by atoms with Gasteiger partial charge in [-0.3, -0.25) is 9.59 Å². The van der Waals surface area contributed by atoms with Crippen LogP contribution >= 0.6 is 15.9 Å². The van der Waals surface area contributed by atoms with Crippen LogP contribution in [0.3, 0.4) is 0 Å². The molecule has 108 valence electrons.